The minimum Gasteiger partial charge on any atom is -0.469 e. The van der Waals surface area contributed by atoms with E-state index in [1.165, 1.54) is 17.6 Å². The van der Waals surface area contributed by atoms with Crippen LogP contribution in [0.3, 0.4) is 0 Å². The molecule has 0 unspecified atom stereocenters. The van der Waals surface area contributed by atoms with E-state index >= 15 is 0 Å². The van der Waals surface area contributed by atoms with Gasteiger partial charge in [-0.25, -0.2) is 0 Å². The first-order valence-corrected chi connectivity index (χ1v) is 6.76. The quantitative estimate of drug-likeness (QED) is 0.575. The number of carbonyl (C=O) groups excluding carboxylic acids is 1. The Balaban J connectivity index is 2.39. The fourth-order valence-electron chi connectivity index (χ4n) is 1.51. The van der Waals surface area contributed by atoms with E-state index in [0.29, 0.717) is 6.42 Å². The molecule has 0 radical (unpaired) electrons. The van der Waals surface area contributed by atoms with Gasteiger partial charge in [0.05, 0.1) is 13.5 Å². The Hall–Kier alpha value is -1.00. The lowest BCUT2D eigenvalue weighted by Crippen LogP contribution is -2.21. The third kappa shape index (κ3) is 5.24. The predicted molar refractivity (Wildman–Crippen MR) is 71.2 cm³/mol. The molecule has 0 aliphatic rings. The number of ether oxygens (including phenoxy) is 1. The molecule has 4 heteroatoms. The van der Waals surface area contributed by atoms with Crippen molar-refractivity contribution in [2.75, 3.05) is 27.0 Å². The molecule has 0 atom stereocenters. The van der Waals surface area contributed by atoms with Gasteiger partial charge in [0, 0.05) is 18.0 Å². The van der Waals surface area contributed by atoms with Crippen LogP contribution >= 0.6 is 11.8 Å². The summed E-state index contributed by atoms with van der Waals surface area (Å²) in [7, 11) is 3.43. The fourth-order valence-corrected chi connectivity index (χ4v) is 1.91. The third-order valence-corrected chi connectivity index (χ3v) is 3.28. The number of thioether (sulfide) groups is 1. The van der Waals surface area contributed by atoms with Crippen molar-refractivity contribution in [1.82, 2.24) is 4.90 Å². The normalized spacial score (nSPS) is 10.6. The summed E-state index contributed by atoms with van der Waals surface area (Å²) in [5.41, 5.74) is 1.26. The van der Waals surface area contributed by atoms with Gasteiger partial charge >= 0.3 is 5.97 Å². The highest BCUT2D eigenvalue weighted by Gasteiger charge is 2.04. The summed E-state index contributed by atoms with van der Waals surface area (Å²) in [6.45, 7) is 1.57. The molecule has 0 N–H and O–H groups in total. The zero-order valence-corrected chi connectivity index (χ0v) is 11.4. The zero-order chi connectivity index (χ0) is 12.7. The Morgan fingerprint density at radius 3 is 2.53 bits per heavy atom. The highest BCUT2D eigenvalue weighted by atomic mass is 32.2. The topological polar surface area (TPSA) is 29.5 Å². The standard InChI is InChI=1S/C13H19NO2S/c1-14(9-8-13(15)16-2)10-11-4-6-12(17-3)7-5-11/h4-7H,8-10H2,1-3H3. The average molecular weight is 253 g/mol. The van der Waals surface area contributed by atoms with Crippen LogP contribution < -0.4 is 0 Å². The smallest absolute Gasteiger partial charge is 0.306 e. The van der Waals surface area contributed by atoms with Crippen molar-refractivity contribution in [1.29, 1.82) is 0 Å². The van der Waals surface area contributed by atoms with Gasteiger partial charge < -0.3 is 9.64 Å². The Labute approximate surface area is 107 Å². The lowest BCUT2D eigenvalue weighted by atomic mass is 10.2. The van der Waals surface area contributed by atoms with Crippen LogP contribution in [0.4, 0.5) is 0 Å². The fraction of sp³-hybridized carbons (Fsp3) is 0.462. The first-order chi connectivity index (χ1) is 8.15. The summed E-state index contributed by atoms with van der Waals surface area (Å²) in [5.74, 6) is -0.158. The second-order valence-electron chi connectivity index (χ2n) is 3.91. The lowest BCUT2D eigenvalue weighted by Gasteiger charge is -2.15. The molecule has 0 saturated heterocycles. The largest absolute Gasteiger partial charge is 0.469 e. The van der Waals surface area contributed by atoms with Crippen molar-refractivity contribution >= 4 is 17.7 Å². The summed E-state index contributed by atoms with van der Waals surface area (Å²) in [6, 6.07) is 8.49. The van der Waals surface area contributed by atoms with E-state index in [2.05, 4.69) is 40.2 Å². The number of benzene rings is 1. The number of carbonyl (C=O) groups is 1. The molecule has 0 aromatic heterocycles. The van der Waals surface area contributed by atoms with Gasteiger partial charge in [0.2, 0.25) is 0 Å². The van der Waals surface area contributed by atoms with Gasteiger partial charge in [-0.3, -0.25) is 4.79 Å². The van der Waals surface area contributed by atoms with Gasteiger partial charge in [-0.15, -0.1) is 11.8 Å². The number of hydrogen-bond acceptors (Lipinski definition) is 4. The maximum Gasteiger partial charge on any atom is 0.306 e. The first kappa shape index (κ1) is 14.1. The van der Waals surface area contributed by atoms with Crippen molar-refractivity contribution in [3.8, 4) is 0 Å². The molecule has 1 rings (SSSR count). The number of esters is 1. The van der Waals surface area contributed by atoms with Crippen molar-refractivity contribution in [3.05, 3.63) is 29.8 Å². The number of methoxy groups -OCH3 is 1. The molecule has 1 aromatic rings. The zero-order valence-electron chi connectivity index (χ0n) is 10.6. The highest BCUT2D eigenvalue weighted by Crippen LogP contribution is 2.15. The second-order valence-corrected chi connectivity index (χ2v) is 4.79. The highest BCUT2D eigenvalue weighted by molar-refractivity contribution is 7.98. The van der Waals surface area contributed by atoms with Crippen LogP contribution in [0.2, 0.25) is 0 Å². The van der Waals surface area contributed by atoms with Gasteiger partial charge in [0.25, 0.3) is 0 Å². The van der Waals surface area contributed by atoms with Gasteiger partial charge in [-0.1, -0.05) is 12.1 Å². The van der Waals surface area contributed by atoms with Crippen LogP contribution in [0.5, 0.6) is 0 Å². The van der Waals surface area contributed by atoms with Crippen molar-refractivity contribution in [2.45, 2.75) is 17.9 Å². The monoisotopic (exact) mass is 253 g/mol. The first-order valence-electron chi connectivity index (χ1n) is 5.54. The molecular weight excluding hydrogens is 234 g/mol. The van der Waals surface area contributed by atoms with Crippen LogP contribution in [0.1, 0.15) is 12.0 Å². The van der Waals surface area contributed by atoms with Gasteiger partial charge in [-0.05, 0) is 31.0 Å². The molecule has 0 aliphatic heterocycles. The van der Waals surface area contributed by atoms with Crippen molar-refractivity contribution < 1.29 is 9.53 Å². The molecule has 0 saturated carbocycles. The van der Waals surface area contributed by atoms with Gasteiger partial charge in [0.1, 0.15) is 0 Å². The van der Waals surface area contributed by atoms with Crippen LogP contribution in [0.25, 0.3) is 0 Å². The summed E-state index contributed by atoms with van der Waals surface area (Å²) in [5, 5.41) is 0. The SMILES string of the molecule is COC(=O)CCN(C)Cc1ccc(SC)cc1. The maximum atomic E-state index is 11.0. The van der Waals surface area contributed by atoms with E-state index in [1.54, 1.807) is 11.8 Å². The number of rotatable bonds is 6. The van der Waals surface area contributed by atoms with Crippen LogP contribution in [0, 0.1) is 0 Å². The van der Waals surface area contributed by atoms with Crippen molar-refractivity contribution in [2.24, 2.45) is 0 Å². The van der Waals surface area contributed by atoms with Crippen molar-refractivity contribution in [3.63, 3.8) is 0 Å². The van der Waals surface area contributed by atoms with E-state index in [1.807, 2.05) is 7.05 Å². The third-order valence-electron chi connectivity index (χ3n) is 2.54. The van der Waals surface area contributed by atoms with E-state index < -0.39 is 0 Å². The van der Waals surface area contributed by atoms with Gasteiger partial charge in [-0.2, -0.15) is 0 Å². The molecule has 0 spiro atoms. The predicted octanol–water partition coefficient (Wildman–Crippen LogP) is 2.40. The molecule has 1 aromatic carbocycles. The molecule has 0 heterocycles. The number of hydrogen-bond donors (Lipinski definition) is 0. The summed E-state index contributed by atoms with van der Waals surface area (Å²) in [6.07, 6.45) is 2.51. The molecule has 94 valence electrons. The Morgan fingerprint density at radius 1 is 1.35 bits per heavy atom. The van der Waals surface area contributed by atoms with E-state index in [9.17, 15) is 4.79 Å². The second kappa shape index (κ2) is 7.35. The molecular formula is C13H19NO2S. The molecule has 0 amide bonds. The molecule has 0 aliphatic carbocycles. The maximum absolute atomic E-state index is 11.0. The lowest BCUT2D eigenvalue weighted by molar-refractivity contribution is -0.140. The Kier molecular flexibility index (Phi) is 6.08. The summed E-state index contributed by atoms with van der Waals surface area (Å²) in [4.78, 5) is 14.4. The van der Waals surface area contributed by atoms with Crippen LogP contribution in [-0.4, -0.2) is 37.8 Å². The minimum atomic E-state index is -0.158. The molecule has 17 heavy (non-hydrogen) atoms. The molecule has 0 bridgehead atoms. The number of nitrogens with zero attached hydrogens (tertiary/aromatic N) is 1. The van der Waals surface area contributed by atoms with E-state index in [-0.39, 0.29) is 5.97 Å². The summed E-state index contributed by atoms with van der Waals surface area (Å²) >= 11 is 1.74. The Morgan fingerprint density at radius 2 is 2.00 bits per heavy atom. The average Bonchev–Trinajstić information content (AvgIpc) is 2.36. The van der Waals surface area contributed by atoms with E-state index in [0.717, 1.165) is 13.1 Å². The van der Waals surface area contributed by atoms with Gasteiger partial charge in [0.15, 0.2) is 0 Å². The molecule has 3 nitrogen and oxygen atoms in total. The van der Waals surface area contributed by atoms with E-state index in [4.69, 9.17) is 0 Å². The van der Waals surface area contributed by atoms with Crippen LogP contribution in [0.15, 0.2) is 29.2 Å². The Bertz CT molecular complexity index is 351. The summed E-state index contributed by atoms with van der Waals surface area (Å²) < 4.78 is 4.61. The molecule has 0 fully saturated rings. The van der Waals surface area contributed by atoms with Crippen LogP contribution in [-0.2, 0) is 16.1 Å². The minimum absolute atomic E-state index is 0.158.